The second kappa shape index (κ2) is 7.70. The Kier molecular flexibility index (Phi) is 6.96. The third-order valence-electron chi connectivity index (χ3n) is 1.83. The molecule has 1 aromatic rings. The lowest BCUT2D eigenvalue weighted by Gasteiger charge is -2.08. The zero-order chi connectivity index (χ0) is 12.6. The van der Waals surface area contributed by atoms with Crippen molar-refractivity contribution in [3.63, 3.8) is 0 Å². The van der Waals surface area contributed by atoms with Gasteiger partial charge in [-0.15, -0.1) is 0 Å². The lowest BCUT2D eigenvalue weighted by Crippen LogP contribution is -2.11. The monoisotopic (exact) mass is 224 g/mol. The van der Waals surface area contributed by atoms with E-state index in [4.69, 9.17) is 21.0 Å². The largest absolute Gasteiger partial charge is 0.491 e. The number of amidine groups is 1. The molecule has 0 heterocycles. The SMILES string of the molecule is CC.Cc1cc(C(=N)N)ccc1OCCO. The Balaban J connectivity index is 0.00000106. The Bertz CT molecular complexity index is 338. The summed E-state index contributed by atoms with van der Waals surface area (Å²) in [6.45, 7) is 6.15. The smallest absolute Gasteiger partial charge is 0.122 e. The van der Waals surface area contributed by atoms with E-state index >= 15 is 0 Å². The molecule has 0 radical (unpaired) electrons. The van der Waals surface area contributed by atoms with E-state index in [0.717, 1.165) is 5.56 Å². The van der Waals surface area contributed by atoms with Crippen molar-refractivity contribution >= 4 is 5.84 Å². The van der Waals surface area contributed by atoms with Gasteiger partial charge in [-0.1, -0.05) is 13.8 Å². The first-order valence-electron chi connectivity index (χ1n) is 5.34. The Morgan fingerprint density at radius 2 is 2.06 bits per heavy atom. The van der Waals surface area contributed by atoms with Gasteiger partial charge in [0.05, 0.1) is 6.61 Å². The van der Waals surface area contributed by atoms with Crippen molar-refractivity contribution in [2.45, 2.75) is 20.8 Å². The number of aliphatic hydroxyl groups is 1. The fourth-order valence-electron chi connectivity index (χ4n) is 1.13. The molecule has 0 amide bonds. The molecule has 0 saturated heterocycles. The summed E-state index contributed by atoms with van der Waals surface area (Å²) in [5, 5.41) is 15.8. The molecular formula is C12H20N2O2. The molecule has 0 aliphatic rings. The minimum absolute atomic E-state index is 0.00605. The number of ether oxygens (including phenoxy) is 1. The van der Waals surface area contributed by atoms with Crippen molar-refractivity contribution in [3.8, 4) is 5.75 Å². The number of rotatable bonds is 4. The fourth-order valence-corrected chi connectivity index (χ4v) is 1.13. The van der Waals surface area contributed by atoms with E-state index in [1.54, 1.807) is 18.2 Å². The van der Waals surface area contributed by atoms with Gasteiger partial charge in [-0.05, 0) is 30.7 Å². The first-order chi connectivity index (χ1) is 7.65. The maximum Gasteiger partial charge on any atom is 0.122 e. The number of benzene rings is 1. The lowest BCUT2D eigenvalue weighted by molar-refractivity contribution is 0.200. The van der Waals surface area contributed by atoms with E-state index in [1.165, 1.54) is 0 Å². The van der Waals surface area contributed by atoms with Crippen LogP contribution in [0.4, 0.5) is 0 Å². The molecule has 0 atom stereocenters. The number of aryl methyl sites for hydroxylation is 1. The highest BCUT2D eigenvalue weighted by Gasteiger charge is 2.02. The molecule has 4 nitrogen and oxygen atoms in total. The van der Waals surface area contributed by atoms with E-state index < -0.39 is 0 Å². The van der Waals surface area contributed by atoms with E-state index in [-0.39, 0.29) is 19.0 Å². The summed E-state index contributed by atoms with van der Waals surface area (Å²) in [6, 6.07) is 5.26. The van der Waals surface area contributed by atoms with Gasteiger partial charge < -0.3 is 15.6 Å². The Morgan fingerprint density at radius 1 is 1.44 bits per heavy atom. The quantitative estimate of drug-likeness (QED) is 0.537. The normalized spacial score (nSPS) is 9.00. The molecule has 1 aromatic carbocycles. The molecule has 90 valence electrons. The predicted molar refractivity (Wildman–Crippen MR) is 66.1 cm³/mol. The molecule has 0 aliphatic carbocycles. The molecule has 0 saturated carbocycles. The van der Waals surface area contributed by atoms with Crippen LogP contribution >= 0.6 is 0 Å². The van der Waals surface area contributed by atoms with Gasteiger partial charge in [-0.25, -0.2) is 0 Å². The number of nitrogen functional groups attached to an aromatic ring is 1. The van der Waals surface area contributed by atoms with E-state index in [2.05, 4.69) is 0 Å². The highest BCUT2D eigenvalue weighted by Crippen LogP contribution is 2.18. The third-order valence-corrected chi connectivity index (χ3v) is 1.83. The van der Waals surface area contributed by atoms with Crippen LogP contribution < -0.4 is 10.5 Å². The second-order valence-corrected chi connectivity index (χ2v) is 2.97. The second-order valence-electron chi connectivity index (χ2n) is 2.97. The van der Waals surface area contributed by atoms with Gasteiger partial charge in [0.15, 0.2) is 0 Å². The highest BCUT2D eigenvalue weighted by atomic mass is 16.5. The molecule has 0 aliphatic heterocycles. The summed E-state index contributed by atoms with van der Waals surface area (Å²) in [5.74, 6) is 0.755. The predicted octanol–water partition coefficient (Wildman–Crippen LogP) is 1.68. The summed E-state index contributed by atoms with van der Waals surface area (Å²) < 4.78 is 5.26. The fraction of sp³-hybridized carbons (Fsp3) is 0.417. The Morgan fingerprint density at radius 3 is 2.50 bits per heavy atom. The van der Waals surface area contributed by atoms with Gasteiger partial charge in [0.1, 0.15) is 18.2 Å². The minimum Gasteiger partial charge on any atom is -0.491 e. The third kappa shape index (κ3) is 4.31. The lowest BCUT2D eigenvalue weighted by atomic mass is 10.1. The van der Waals surface area contributed by atoms with Crippen LogP contribution in [0.5, 0.6) is 5.75 Å². The van der Waals surface area contributed by atoms with Crippen LogP contribution in [0.25, 0.3) is 0 Å². The van der Waals surface area contributed by atoms with Crippen molar-refractivity contribution in [3.05, 3.63) is 29.3 Å². The maximum atomic E-state index is 8.58. The van der Waals surface area contributed by atoms with Gasteiger partial charge in [0.2, 0.25) is 0 Å². The summed E-state index contributed by atoms with van der Waals surface area (Å²) in [5.41, 5.74) is 6.92. The molecule has 0 spiro atoms. The Labute approximate surface area is 96.6 Å². The molecule has 0 fully saturated rings. The molecule has 0 bridgehead atoms. The number of aliphatic hydroxyl groups excluding tert-OH is 1. The average molecular weight is 224 g/mol. The van der Waals surface area contributed by atoms with Crippen LogP contribution in [0.3, 0.4) is 0 Å². The van der Waals surface area contributed by atoms with Crippen molar-refractivity contribution in [1.29, 1.82) is 5.41 Å². The first-order valence-corrected chi connectivity index (χ1v) is 5.34. The van der Waals surface area contributed by atoms with Crippen LogP contribution in [0, 0.1) is 12.3 Å². The minimum atomic E-state index is -0.00605. The molecule has 4 N–H and O–H groups in total. The van der Waals surface area contributed by atoms with Crippen LogP contribution in [-0.2, 0) is 0 Å². The summed E-state index contributed by atoms with van der Waals surface area (Å²) >= 11 is 0. The van der Waals surface area contributed by atoms with E-state index in [1.807, 2.05) is 20.8 Å². The standard InChI is InChI=1S/C10H14N2O2.C2H6/c1-7-6-8(10(11)12)2-3-9(7)14-5-4-13;1-2/h2-3,6,13H,4-5H2,1H3,(H3,11,12);1-2H3. The first kappa shape index (κ1) is 14.5. The maximum absolute atomic E-state index is 8.58. The molecule has 0 aromatic heterocycles. The Hall–Kier alpha value is -1.55. The van der Waals surface area contributed by atoms with Crippen LogP contribution in [0.2, 0.25) is 0 Å². The summed E-state index contributed by atoms with van der Waals surface area (Å²) in [4.78, 5) is 0. The van der Waals surface area contributed by atoms with Crippen LogP contribution in [-0.4, -0.2) is 24.2 Å². The number of hydrogen-bond donors (Lipinski definition) is 3. The number of nitrogens with one attached hydrogen (secondary N) is 1. The van der Waals surface area contributed by atoms with Crippen molar-refractivity contribution in [2.75, 3.05) is 13.2 Å². The van der Waals surface area contributed by atoms with Crippen molar-refractivity contribution in [2.24, 2.45) is 5.73 Å². The van der Waals surface area contributed by atoms with Crippen molar-refractivity contribution < 1.29 is 9.84 Å². The summed E-state index contributed by atoms with van der Waals surface area (Å²) in [7, 11) is 0. The number of hydrogen-bond acceptors (Lipinski definition) is 3. The van der Waals surface area contributed by atoms with Gasteiger partial charge in [0, 0.05) is 5.56 Å². The molecular weight excluding hydrogens is 204 g/mol. The molecule has 16 heavy (non-hydrogen) atoms. The molecule has 1 rings (SSSR count). The summed E-state index contributed by atoms with van der Waals surface area (Å²) in [6.07, 6.45) is 0. The van der Waals surface area contributed by atoms with Crippen molar-refractivity contribution in [1.82, 2.24) is 0 Å². The topological polar surface area (TPSA) is 79.3 Å². The molecule has 0 unspecified atom stereocenters. The highest BCUT2D eigenvalue weighted by molar-refractivity contribution is 5.95. The number of nitrogens with two attached hydrogens (primary N) is 1. The van der Waals surface area contributed by atoms with E-state index in [0.29, 0.717) is 11.3 Å². The van der Waals surface area contributed by atoms with Gasteiger partial charge in [0.25, 0.3) is 0 Å². The van der Waals surface area contributed by atoms with Gasteiger partial charge >= 0.3 is 0 Å². The zero-order valence-electron chi connectivity index (χ0n) is 10.1. The average Bonchev–Trinajstić information content (AvgIpc) is 2.30. The van der Waals surface area contributed by atoms with Gasteiger partial charge in [-0.3, -0.25) is 5.41 Å². The van der Waals surface area contributed by atoms with Crippen LogP contribution in [0.1, 0.15) is 25.0 Å². The van der Waals surface area contributed by atoms with Crippen LogP contribution in [0.15, 0.2) is 18.2 Å². The zero-order valence-corrected chi connectivity index (χ0v) is 10.1. The molecule has 4 heteroatoms. The van der Waals surface area contributed by atoms with Gasteiger partial charge in [-0.2, -0.15) is 0 Å². The van der Waals surface area contributed by atoms with E-state index in [9.17, 15) is 0 Å².